The summed E-state index contributed by atoms with van der Waals surface area (Å²) in [5.41, 5.74) is 1.40. The largest absolute Gasteiger partial charge is 0.454 e. The topological polar surface area (TPSA) is 35.5 Å². The number of hydrogen-bond donors (Lipinski definition) is 0. The van der Waals surface area contributed by atoms with E-state index in [1.54, 1.807) is 6.08 Å². The Morgan fingerprint density at radius 1 is 1.17 bits per heavy atom. The molecule has 1 heterocycles. The molecule has 1 aromatic carbocycles. The minimum Gasteiger partial charge on any atom is -0.454 e. The highest BCUT2D eigenvalue weighted by Gasteiger charge is 2.52. The molecule has 2 aliphatic rings. The summed E-state index contributed by atoms with van der Waals surface area (Å²) >= 11 is 0. The highest BCUT2D eigenvalue weighted by atomic mass is 16.7. The Kier molecular flexibility index (Phi) is 4.23. The molecule has 3 nitrogen and oxygen atoms in total. The van der Waals surface area contributed by atoms with Crippen LogP contribution in [0, 0.1) is 22.7 Å². The summed E-state index contributed by atoms with van der Waals surface area (Å²) in [6, 6.07) is 5.75. The van der Waals surface area contributed by atoms with Crippen LogP contribution in [-0.4, -0.2) is 12.6 Å². The molecule has 0 spiro atoms. The number of rotatable bonds is 4. The van der Waals surface area contributed by atoms with Gasteiger partial charge in [-0.1, -0.05) is 46.8 Å². The van der Waals surface area contributed by atoms with Crippen LogP contribution in [0.2, 0.25) is 0 Å². The first-order valence-electron chi connectivity index (χ1n) is 8.82. The molecule has 0 amide bonds. The van der Waals surface area contributed by atoms with Crippen molar-refractivity contribution in [3.05, 3.63) is 29.8 Å². The molecular formula is C21H28O3. The van der Waals surface area contributed by atoms with Gasteiger partial charge in [0.25, 0.3) is 0 Å². The number of benzene rings is 1. The van der Waals surface area contributed by atoms with Crippen LogP contribution in [0.15, 0.2) is 24.3 Å². The Labute approximate surface area is 145 Å². The standard InChI is InChI=1S/C21H28O3/c1-14-10-16(21(4,5)20(14,2)3)12-17(22)8-6-15-7-9-18-19(11-15)24-13-23-18/h6-9,11,14,16H,10,12-13H2,1-5H3/b8-6+. The van der Waals surface area contributed by atoms with Crippen molar-refractivity contribution in [2.75, 3.05) is 6.79 Å². The van der Waals surface area contributed by atoms with Gasteiger partial charge in [-0.05, 0) is 52.9 Å². The maximum atomic E-state index is 12.5. The molecule has 1 fully saturated rings. The van der Waals surface area contributed by atoms with Gasteiger partial charge >= 0.3 is 0 Å². The summed E-state index contributed by atoms with van der Waals surface area (Å²) in [6.07, 6.45) is 5.34. The third kappa shape index (κ3) is 2.85. The third-order valence-electron chi connectivity index (χ3n) is 6.86. The fourth-order valence-electron chi connectivity index (χ4n) is 4.03. The van der Waals surface area contributed by atoms with Crippen LogP contribution in [0.4, 0.5) is 0 Å². The highest BCUT2D eigenvalue weighted by Crippen LogP contribution is 2.59. The summed E-state index contributed by atoms with van der Waals surface area (Å²) in [7, 11) is 0. The zero-order valence-electron chi connectivity index (χ0n) is 15.4. The van der Waals surface area contributed by atoms with Crippen molar-refractivity contribution >= 4 is 11.9 Å². The first-order chi connectivity index (χ1) is 11.2. The SMILES string of the molecule is CC1CC(CC(=O)/C=C/c2ccc3c(c2)OCO3)C(C)(C)C1(C)C. The molecule has 3 rings (SSSR count). The van der Waals surface area contributed by atoms with E-state index in [2.05, 4.69) is 34.6 Å². The van der Waals surface area contributed by atoms with Gasteiger partial charge in [0.05, 0.1) is 0 Å². The number of allylic oxidation sites excluding steroid dienone is 1. The number of ketones is 1. The fraction of sp³-hybridized carbons (Fsp3) is 0.571. The van der Waals surface area contributed by atoms with Gasteiger partial charge in [0.2, 0.25) is 6.79 Å². The second-order valence-corrected chi connectivity index (χ2v) is 8.39. The van der Waals surface area contributed by atoms with E-state index in [-0.39, 0.29) is 23.4 Å². The van der Waals surface area contributed by atoms with Crippen molar-refractivity contribution < 1.29 is 14.3 Å². The lowest BCUT2D eigenvalue weighted by Crippen LogP contribution is -2.34. The molecule has 0 bridgehead atoms. The molecule has 1 aromatic rings. The van der Waals surface area contributed by atoms with Crippen molar-refractivity contribution in [2.45, 2.75) is 47.5 Å². The second kappa shape index (κ2) is 5.94. The van der Waals surface area contributed by atoms with Gasteiger partial charge in [-0.25, -0.2) is 0 Å². The average molecular weight is 328 g/mol. The van der Waals surface area contributed by atoms with Gasteiger partial charge in [-0.3, -0.25) is 4.79 Å². The Balaban J connectivity index is 1.66. The fourth-order valence-corrected chi connectivity index (χ4v) is 4.03. The maximum Gasteiger partial charge on any atom is 0.231 e. The molecule has 2 unspecified atom stereocenters. The lowest BCUT2D eigenvalue weighted by atomic mass is 9.64. The van der Waals surface area contributed by atoms with Crippen molar-refractivity contribution in [2.24, 2.45) is 22.7 Å². The molecule has 1 aliphatic heterocycles. The number of hydrogen-bond acceptors (Lipinski definition) is 3. The van der Waals surface area contributed by atoms with Crippen LogP contribution in [0.1, 0.15) is 53.0 Å². The minimum absolute atomic E-state index is 0.175. The van der Waals surface area contributed by atoms with E-state index >= 15 is 0 Å². The zero-order chi connectivity index (χ0) is 17.5. The lowest BCUT2D eigenvalue weighted by Gasteiger charge is -2.41. The van der Waals surface area contributed by atoms with Gasteiger partial charge in [-0.15, -0.1) is 0 Å². The summed E-state index contributed by atoms with van der Waals surface area (Å²) in [6.45, 7) is 11.9. The van der Waals surface area contributed by atoms with Gasteiger partial charge in [0.15, 0.2) is 17.3 Å². The van der Waals surface area contributed by atoms with Crippen molar-refractivity contribution in [3.63, 3.8) is 0 Å². The lowest BCUT2D eigenvalue weighted by molar-refractivity contribution is -0.116. The molecule has 1 aliphatic carbocycles. The second-order valence-electron chi connectivity index (χ2n) is 8.39. The van der Waals surface area contributed by atoms with Gasteiger partial charge < -0.3 is 9.47 Å². The third-order valence-corrected chi connectivity index (χ3v) is 6.86. The minimum atomic E-state index is 0.175. The van der Waals surface area contributed by atoms with Crippen LogP contribution in [0.5, 0.6) is 11.5 Å². The van der Waals surface area contributed by atoms with Gasteiger partial charge in [0, 0.05) is 6.42 Å². The van der Waals surface area contributed by atoms with Crippen molar-refractivity contribution in [3.8, 4) is 11.5 Å². The maximum absolute atomic E-state index is 12.5. The average Bonchev–Trinajstić information content (AvgIpc) is 3.04. The van der Waals surface area contributed by atoms with E-state index in [0.717, 1.165) is 23.5 Å². The Hall–Kier alpha value is -1.77. The zero-order valence-corrected chi connectivity index (χ0v) is 15.4. The Bertz CT molecular complexity index is 670. The molecular weight excluding hydrogens is 300 g/mol. The van der Waals surface area contributed by atoms with Crippen LogP contribution < -0.4 is 9.47 Å². The number of carbonyl (C=O) groups excluding carboxylic acids is 1. The first kappa shape index (κ1) is 17.1. The van der Waals surface area contributed by atoms with E-state index in [4.69, 9.17) is 9.47 Å². The van der Waals surface area contributed by atoms with Crippen molar-refractivity contribution in [1.82, 2.24) is 0 Å². The molecule has 0 radical (unpaired) electrons. The van der Waals surface area contributed by atoms with Crippen LogP contribution in [0.25, 0.3) is 6.08 Å². The highest BCUT2D eigenvalue weighted by molar-refractivity contribution is 5.93. The number of fused-ring (bicyclic) bond motifs is 1. The van der Waals surface area contributed by atoms with E-state index in [9.17, 15) is 4.79 Å². The summed E-state index contributed by atoms with van der Waals surface area (Å²) in [5, 5.41) is 0. The van der Waals surface area contributed by atoms with Crippen LogP contribution >= 0.6 is 0 Å². The van der Waals surface area contributed by atoms with E-state index in [1.807, 2.05) is 24.3 Å². The quantitative estimate of drug-likeness (QED) is 0.722. The molecule has 1 saturated carbocycles. The summed E-state index contributed by atoms with van der Waals surface area (Å²) < 4.78 is 10.7. The molecule has 0 aromatic heterocycles. The predicted octanol–water partition coefficient (Wildman–Crippen LogP) is 5.10. The van der Waals surface area contributed by atoms with E-state index in [0.29, 0.717) is 18.3 Å². The molecule has 0 saturated heterocycles. The summed E-state index contributed by atoms with van der Waals surface area (Å²) in [4.78, 5) is 12.5. The van der Waals surface area contributed by atoms with Gasteiger partial charge in [-0.2, -0.15) is 0 Å². The molecule has 24 heavy (non-hydrogen) atoms. The van der Waals surface area contributed by atoms with Crippen LogP contribution in [-0.2, 0) is 4.79 Å². The van der Waals surface area contributed by atoms with E-state index < -0.39 is 0 Å². The normalized spacial score (nSPS) is 26.9. The first-order valence-corrected chi connectivity index (χ1v) is 8.82. The van der Waals surface area contributed by atoms with Crippen molar-refractivity contribution in [1.29, 1.82) is 0 Å². The van der Waals surface area contributed by atoms with E-state index in [1.165, 1.54) is 0 Å². The molecule has 0 N–H and O–H groups in total. The number of carbonyl (C=O) groups is 1. The Morgan fingerprint density at radius 3 is 2.54 bits per heavy atom. The molecule has 2 atom stereocenters. The molecule has 130 valence electrons. The van der Waals surface area contributed by atoms with Crippen LogP contribution in [0.3, 0.4) is 0 Å². The Morgan fingerprint density at radius 2 is 1.88 bits per heavy atom. The summed E-state index contributed by atoms with van der Waals surface area (Å²) in [5.74, 6) is 2.80. The number of ether oxygens (including phenoxy) is 2. The predicted molar refractivity (Wildman–Crippen MR) is 96.1 cm³/mol. The smallest absolute Gasteiger partial charge is 0.231 e. The molecule has 3 heteroatoms. The van der Waals surface area contributed by atoms with Gasteiger partial charge in [0.1, 0.15) is 0 Å². The monoisotopic (exact) mass is 328 g/mol.